The van der Waals surface area contributed by atoms with Crippen LogP contribution in [0.1, 0.15) is 22.8 Å². The second-order valence-corrected chi connectivity index (χ2v) is 5.30. The molecule has 0 saturated heterocycles. The van der Waals surface area contributed by atoms with Gasteiger partial charge in [-0.2, -0.15) is 5.10 Å². The number of amides is 1. The van der Waals surface area contributed by atoms with E-state index in [0.29, 0.717) is 12.1 Å². The smallest absolute Gasteiger partial charge is 0.261 e. The lowest BCUT2D eigenvalue weighted by atomic mass is 10.1. The number of carbonyl (C=O) groups is 1. The molecule has 23 heavy (non-hydrogen) atoms. The summed E-state index contributed by atoms with van der Waals surface area (Å²) >= 11 is 0. The molecule has 3 rings (SSSR count). The van der Waals surface area contributed by atoms with E-state index in [1.165, 1.54) is 0 Å². The molecule has 4 heteroatoms. The van der Waals surface area contributed by atoms with Crippen molar-refractivity contribution in [3.63, 3.8) is 0 Å². The molecule has 0 aliphatic carbocycles. The predicted octanol–water partition coefficient (Wildman–Crippen LogP) is 3.75. The number of hydrogen-bond acceptors (Lipinski definition) is 2. The largest absolute Gasteiger partial charge is 0.304 e. The lowest BCUT2D eigenvalue weighted by Crippen LogP contribution is -2.30. The van der Waals surface area contributed by atoms with Gasteiger partial charge in [0.2, 0.25) is 0 Å². The molecule has 0 radical (unpaired) electrons. The molecule has 3 aromatic rings. The molecule has 2 aromatic carbocycles. The SMILES string of the molecule is CCn1cc(C(=O)N(Cc2ccccc2)c2ccccc2)cn1. The van der Waals surface area contributed by atoms with Crippen LogP contribution in [0.5, 0.6) is 0 Å². The van der Waals surface area contributed by atoms with Gasteiger partial charge in [-0.15, -0.1) is 0 Å². The lowest BCUT2D eigenvalue weighted by Gasteiger charge is -2.22. The van der Waals surface area contributed by atoms with E-state index in [1.807, 2.05) is 67.6 Å². The molecule has 0 fully saturated rings. The first-order valence-electron chi connectivity index (χ1n) is 7.71. The summed E-state index contributed by atoms with van der Waals surface area (Å²) in [5.41, 5.74) is 2.57. The number of rotatable bonds is 5. The average Bonchev–Trinajstić information content (AvgIpc) is 3.10. The van der Waals surface area contributed by atoms with Crippen LogP contribution in [-0.4, -0.2) is 15.7 Å². The minimum absolute atomic E-state index is 0.0419. The molecule has 116 valence electrons. The molecule has 1 amide bonds. The van der Waals surface area contributed by atoms with E-state index < -0.39 is 0 Å². The Balaban J connectivity index is 1.93. The predicted molar refractivity (Wildman–Crippen MR) is 91.3 cm³/mol. The van der Waals surface area contributed by atoms with Gasteiger partial charge in [-0.3, -0.25) is 9.48 Å². The average molecular weight is 305 g/mol. The number of carbonyl (C=O) groups excluding carboxylic acids is 1. The van der Waals surface area contributed by atoms with Gasteiger partial charge in [-0.1, -0.05) is 48.5 Å². The highest BCUT2D eigenvalue weighted by molar-refractivity contribution is 6.05. The first-order valence-corrected chi connectivity index (χ1v) is 7.71. The summed E-state index contributed by atoms with van der Waals surface area (Å²) in [6, 6.07) is 19.7. The van der Waals surface area contributed by atoms with Crippen molar-refractivity contribution in [3.8, 4) is 0 Å². The van der Waals surface area contributed by atoms with E-state index in [0.717, 1.165) is 17.8 Å². The topological polar surface area (TPSA) is 38.1 Å². The second-order valence-electron chi connectivity index (χ2n) is 5.30. The van der Waals surface area contributed by atoms with Crippen molar-refractivity contribution in [1.29, 1.82) is 0 Å². The standard InChI is InChI=1S/C19H19N3O/c1-2-21-15-17(13-20-21)19(23)22(18-11-7-4-8-12-18)14-16-9-5-3-6-10-16/h3-13,15H,2,14H2,1H3. The number of aromatic nitrogens is 2. The molecule has 0 aliphatic heterocycles. The van der Waals surface area contributed by atoms with E-state index in [-0.39, 0.29) is 5.91 Å². The molecule has 0 unspecified atom stereocenters. The zero-order valence-electron chi connectivity index (χ0n) is 13.1. The number of para-hydroxylation sites is 1. The van der Waals surface area contributed by atoms with Crippen LogP contribution in [0.3, 0.4) is 0 Å². The van der Waals surface area contributed by atoms with E-state index in [2.05, 4.69) is 5.10 Å². The summed E-state index contributed by atoms with van der Waals surface area (Å²) in [5.74, 6) is -0.0419. The Morgan fingerprint density at radius 1 is 1.04 bits per heavy atom. The Labute approximate surface area is 136 Å². The van der Waals surface area contributed by atoms with E-state index in [4.69, 9.17) is 0 Å². The van der Waals surface area contributed by atoms with Crippen LogP contribution in [0.25, 0.3) is 0 Å². The fourth-order valence-electron chi connectivity index (χ4n) is 2.46. The highest BCUT2D eigenvalue weighted by Crippen LogP contribution is 2.19. The third-order valence-electron chi connectivity index (χ3n) is 3.70. The Hall–Kier alpha value is -2.88. The minimum atomic E-state index is -0.0419. The van der Waals surface area contributed by atoms with Gasteiger partial charge in [0, 0.05) is 18.4 Å². The summed E-state index contributed by atoms with van der Waals surface area (Å²) in [5, 5.41) is 4.21. The molecule has 0 saturated carbocycles. The van der Waals surface area contributed by atoms with E-state index >= 15 is 0 Å². The van der Waals surface area contributed by atoms with E-state index in [1.54, 1.807) is 22.0 Å². The summed E-state index contributed by atoms with van der Waals surface area (Å²) < 4.78 is 1.76. The molecule has 0 aliphatic rings. The van der Waals surface area contributed by atoms with E-state index in [9.17, 15) is 4.79 Å². The Morgan fingerprint density at radius 2 is 1.70 bits per heavy atom. The fraction of sp³-hybridized carbons (Fsp3) is 0.158. The van der Waals surface area contributed by atoms with Gasteiger partial charge in [-0.05, 0) is 24.6 Å². The Bertz CT molecular complexity index is 766. The monoisotopic (exact) mass is 305 g/mol. The van der Waals surface area contributed by atoms with Gasteiger partial charge in [0.15, 0.2) is 0 Å². The Morgan fingerprint density at radius 3 is 2.30 bits per heavy atom. The van der Waals surface area contributed by atoms with Crippen LogP contribution < -0.4 is 4.90 Å². The van der Waals surface area contributed by atoms with Gasteiger partial charge in [0.1, 0.15) is 0 Å². The van der Waals surface area contributed by atoms with Crippen LogP contribution in [0.15, 0.2) is 73.1 Å². The zero-order valence-corrected chi connectivity index (χ0v) is 13.1. The van der Waals surface area contributed by atoms with Gasteiger partial charge < -0.3 is 4.90 Å². The van der Waals surface area contributed by atoms with Gasteiger partial charge in [0.05, 0.1) is 18.3 Å². The van der Waals surface area contributed by atoms with Gasteiger partial charge >= 0.3 is 0 Å². The normalized spacial score (nSPS) is 10.5. The van der Waals surface area contributed by atoms with Crippen LogP contribution in [0, 0.1) is 0 Å². The summed E-state index contributed by atoms with van der Waals surface area (Å²) in [7, 11) is 0. The van der Waals surface area contributed by atoms with Crippen molar-refractivity contribution >= 4 is 11.6 Å². The van der Waals surface area contributed by atoms with Crippen LogP contribution in [0.2, 0.25) is 0 Å². The molecule has 4 nitrogen and oxygen atoms in total. The number of nitrogens with zero attached hydrogens (tertiary/aromatic N) is 3. The molecule has 0 bridgehead atoms. The molecule has 0 spiro atoms. The number of anilines is 1. The summed E-state index contributed by atoms with van der Waals surface area (Å²) in [4.78, 5) is 14.7. The van der Waals surface area contributed by atoms with Crippen molar-refractivity contribution in [2.45, 2.75) is 20.0 Å². The zero-order chi connectivity index (χ0) is 16.1. The third-order valence-corrected chi connectivity index (χ3v) is 3.70. The Kier molecular flexibility index (Phi) is 4.52. The maximum Gasteiger partial charge on any atom is 0.261 e. The maximum atomic E-state index is 13.0. The van der Waals surface area contributed by atoms with Crippen LogP contribution >= 0.6 is 0 Å². The minimum Gasteiger partial charge on any atom is -0.304 e. The third kappa shape index (κ3) is 3.48. The van der Waals surface area contributed by atoms with Crippen molar-refractivity contribution in [2.24, 2.45) is 0 Å². The lowest BCUT2D eigenvalue weighted by molar-refractivity contribution is 0.0985. The molecule has 1 heterocycles. The molecule has 0 N–H and O–H groups in total. The van der Waals surface area contributed by atoms with Crippen molar-refractivity contribution in [3.05, 3.63) is 84.2 Å². The highest BCUT2D eigenvalue weighted by Gasteiger charge is 2.19. The molecule has 1 aromatic heterocycles. The summed E-state index contributed by atoms with van der Waals surface area (Å²) in [6.45, 7) is 3.28. The molecule has 0 atom stereocenters. The first-order chi connectivity index (χ1) is 11.3. The van der Waals surface area contributed by atoms with Crippen molar-refractivity contribution in [2.75, 3.05) is 4.90 Å². The quantitative estimate of drug-likeness (QED) is 0.720. The number of hydrogen-bond donors (Lipinski definition) is 0. The van der Waals surface area contributed by atoms with Gasteiger partial charge in [0.25, 0.3) is 5.91 Å². The van der Waals surface area contributed by atoms with Crippen molar-refractivity contribution in [1.82, 2.24) is 9.78 Å². The van der Waals surface area contributed by atoms with Crippen LogP contribution in [-0.2, 0) is 13.1 Å². The maximum absolute atomic E-state index is 13.0. The van der Waals surface area contributed by atoms with Gasteiger partial charge in [-0.25, -0.2) is 0 Å². The summed E-state index contributed by atoms with van der Waals surface area (Å²) in [6.07, 6.45) is 3.43. The van der Waals surface area contributed by atoms with Crippen LogP contribution in [0.4, 0.5) is 5.69 Å². The number of benzene rings is 2. The fourth-order valence-corrected chi connectivity index (χ4v) is 2.46. The highest BCUT2D eigenvalue weighted by atomic mass is 16.2. The second kappa shape index (κ2) is 6.92. The molecular formula is C19H19N3O. The first kappa shape index (κ1) is 15.0. The molecular weight excluding hydrogens is 286 g/mol. The van der Waals surface area contributed by atoms with Crippen molar-refractivity contribution < 1.29 is 4.79 Å². The number of aryl methyl sites for hydroxylation is 1.